The molecule has 6 rings (SSSR count). The van der Waals surface area contributed by atoms with Gasteiger partial charge in [0, 0.05) is 22.9 Å². The number of amides is 1. The molecule has 0 aliphatic heterocycles. The number of benzene rings is 3. The number of carbonyl (C=O) groups is 1. The third kappa shape index (κ3) is 4.95. The molecule has 0 spiro atoms. The lowest BCUT2D eigenvalue weighted by atomic mass is 9.71. The molecule has 0 unspecified atom stereocenters. The van der Waals surface area contributed by atoms with Gasteiger partial charge in [-0.2, -0.15) is 0 Å². The number of nitrogens with one attached hydrogen (secondary N) is 1. The maximum Gasteiger partial charge on any atom is 0.408 e. The predicted octanol–water partition coefficient (Wildman–Crippen LogP) is 7.77. The van der Waals surface area contributed by atoms with Gasteiger partial charge in [-0.1, -0.05) is 54.6 Å². The molecule has 2 aromatic heterocycles. The summed E-state index contributed by atoms with van der Waals surface area (Å²) in [6.07, 6.45) is 6.19. The highest BCUT2D eigenvalue weighted by molar-refractivity contribution is 5.82. The smallest absolute Gasteiger partial charge is 0.408 e. The zero-order valence-electron chi connectivity index (χ0n) is 22.8. The van der Waals surface area contributed by atoms with Crippen molar-refractivity contribution in [1.82, 2.24) is 19.7 Å². The van der Waals surface area contributed by atoms with Crippen LogP contribution in [0.3, 0.4) is 0 Å². The zero-order valence-corrected chi connectivity index (χ0v) is 22.8. The normalized spacial score (nSPS) is 14.5. The molecule has 7 heteroatoms. The summed E-state index contributed by atoms with van der Waals surface area (Å²) in [7, 11) is 0. The topological polar surface area (TPSA) is 68.5 Å². The van der Waals surface area contributed by atoms with E-state index in [1.807, 2.05) is 49.6 Å². The third-order valence-electron chi connectivity index (χ3n) is 7.39. The molecule has 40 heavy (non-hydrogen) atoms. The number of alkyl carbamates (subject to hydrolysis) is 1. The van der Waals surface area contributed by atoms with E-state index < -0.39 is 17.2 Å². The molecule has 0 atom stereocenters. The first-order valence-electron chi connectivity index (χ1n) is 13.5. The lowest BCUT2D eigenvalue weighted by molar-refractivity contribution is 0.0377. The average molecular weight is 535 g/mol. The number of ether oxygens (including phenoxy) is 1. The van der Waals surface area contributed by atoms with E-state index in [9.17, 15) is 9.18 Å². The Labute approximate surface area is 232 Å². The largest absolute Gasteiger partial charge is 0.444 e. The summed E-state index contributed by atoms with van der Waals surface area (Å²) in [4.78, 5) is 22.2. The number of rotatable bonds is 5. The Morgan fingerprint density at radius 2 is 1.60 bits per heavy atom. The van der Waals surface area contributed by atoms with Crippen molar-refractivity contribution in [2.45, 2.75) is 51.2 Å². The number of aromatic nitrogens is 3. The van der Waals surface area contributed by atoms with Gasteiger partial charge in [0.1, 0.15) is 11.4 Å². The Balaban J connectivity index is 1.39. The van der Waals surface area contributed by atoms with Crippen LogP contribution >= 0.6 is 0 Å². The zero-order chi connectivity index (χ0) is 27.9. The molecule has 2 heterocycles. The van der Waals surface area contributed by atoms with Crippen LogP contribution in [-0.2, 0) is 10.3 Å². The minimum atomic E-state index is -0.555. The first-order chi connectivity index (χ1) is 19.2. The molecule has 1 saturated carbocycles. The Bertz CT molecular complexity index is 1670. The van der Waals surface area contributed by atoms with Gasteiger partial charge in [-0.15, -0.1) is 0 Å². The van der Waals surface area contributed by atoms with Crippen LogP contribution in [0.1, 0.15) is 45.6 Å². The van der Waals surface area contributed by atoms with Gasteiger partial charge in [-0.05, 0) is 75.4 Å². The van der Waals surface area contributed by atoms with Crippen molar-refractivity contribution in [3.63, 3.8) is 0 Å². The predicted molar refractivity (Wildman–Crippen MR) is 154 cm³/mol. The number of hydrogen-bond acceptors (Lipinski definition) is 4. The fourth-order valence-electron chi connectivity index (χ4n) is 5.26. The van der Waals surface area contributed by atoms with E-state index in [2.05, 4.69) is 46.7 Å². The highest BCUT2D eigenvalue weighted by Gasteiger charge is 2.41. The van der Waals surface area contributed by atoms with Crippen molar-refractivity contribution in [1.29, 1.82) is 0 Å². The van der Waals surface area contributed by atoms with Crippen LogP contribution in [0, 0.1) is 5.82 Å². The van der Waals surface area contributed by atoms with Crippen LogP contribution in [0.25, 0.3) is 39.4 Å². The van der Waals surface area contributed by atoms with Gasteiger partial charge in [0.25, 0.3) is 0 Å². The van der Waals surface area contributed by atoms with E-state index in [0.717, 1.165) is 58.5 Å². The van der Waals surface area contributed by atoms with E-state index in [4.69, 9.17) is 9.72 Å². The molecule has 0 saturated heterocycles. The Morgan fingerprint density at radius 1 is 0.925 bits per heavy atom. The van der Waals surface area contributed by atoms with E-state index in [1.54, 1.807) is 18.3 Å². The third-order valence-corrected chi connectivity index (χ3v) is 7.39. The molecule has 0 radical (unpaired) electrons. The summed E-state index contributed by atoms with van der Waals surface area (Å²) in [5, 5.41) is 3.13. The number of hydrogen-bond donors (Lipinski definition) is 1. The second kappa shape index (κ2) is 9.90. The lowest BCUT2D eigenvalue weighted by Crippen LogP contribution is -2.52. The summed E-state index contributed by atoms with van der Waals surface area (Å²) in [5.41, 5.74) is 5.50. The van der Waals surface area contributed by atoms with Crippen molar-refractivity contribution in [3.05, 3.63) is 103 Å². The first-order valence-corrected chi connectivity index (χ1v) is 13.5. The van der Waals surface area contributed by atoms with Gasteiger partial charge in [-0.3, -0.25) is 4.40 Å². The van der Waals surface area contributed by atoms with E-state index >= 15 is 0 Å². The molecule has 3 aromatic carbocycles. The average Bonchev–Trinajstić information content (AvgIpc) is 3.33. The van der Waals surface area contributed by atoms with Crippen LogP contribution in [0.15, 0.2) is 91.3 Å². The number of carbonyl (C=O) groups excluding carboxylic acids is 1. The fourth-order valence-corrected chi connectivity index (χ4v) is 5.26. The maximum atomic E-state index is 13.6. The Kier molecular flexibility index (Phi) is 6.37. The molecule has 1 amide bonds. The molecular formula is C33H31FN4O2. The minimum Gasteiger partial charge on any atom is -0.444 e. The maximum absolute atomic E-state index is 13.6. The summed E-state index contributed by atoms with van der Waals surface area (Å²) < 4.78 is 21.0. The lowest BCUT2D eigenvalue weighted by Gasteiger charge is -2.43. The van der Waals surface area contributed by atoms with Gasteiger partial charge in [-0.25, -0.2) is 19.2 Å². The van der Waals surface area contributed by atoms with Crippen LogP contribution in [0.2, 0.25) is 0 Å². The highest BCUT2D eigenvalue weighted by atomic mass is 19.1. The molecule has 6 nitrogen and oxygen atoms in total. The Morgan fingerprint density at radius 3 is 2.23 bits per heavy atom. The second-order valence-corrected chi connectivity index (χ2v) is 11.3. The molecule has 0 bridgehead atoms. The molecule has 1 aliphatic carbocycles. The molecule has 1 N–H and O–H groups in total. The summed E-state index contributed by atoms with van der Waals surface area (Å²) in [6, 6.07) is 24.8. The fraction of sp³-hybridized carbons (Fsp3) is 0.242. The number of imidazole rings is 1. The van der Waals surface area contributed by atoms with Gasteiger partial charge < -0.3 is 10.1 Å². The standard InChI is InChI=1S/C33H31FN4O2/c1-32(2,3)40-31(39)37-33(18-7-19-33)25-14-10-24(11-15-25)29-27(22-8-5-4-6-9-22)21-38-28(20-35-30(38)36-29)23-12-16-26(34)17-13-23/h4-6,8-17,20-21H,7,18-19H2,1-3H3,(H,37,39). The van der Waals surface area contributed by atoms with E-state index in [1.165, 1.54) is 12.1 Å². The van der Waals surface area contributed by atoms with Gasteiger partial charge in [0.15, 0.2) is 0 Å². The SMILES string of the molecule is CC(C)(C)OC(=O)NC1(c2ccc(-c3nc4ncc(-c5ccc(F)cc5)n4cc3-c3ccccc3)cc2)CCC1. The highest BCUT2D eigenvalue weighted by Crippen LogP contribution is 2.42. The van der Waals surface area contributed by atoms with Gasteiger partial charge in [0.05, 0.1) is 23.1 Å². The van der Waals surface area contributed by atoms with Crippen molar-refractivity contribution in [2.75, 3.05) is 0 Å². The van der Waals surface area contributed by atoms with Crippen molar-refractivity contribution < 1.29 is 13.9 Å². The molecule has 1 aliphatic rings. The van der Waals surface area contributed by atoms with E-state index in [0.29, 0.717) is 5.78 Å². The summed E-state index contributed by atoms with van der Waals surface area (Å²) >= 11 is 0. The van der Waals surface area contributed by atoms with Crippen LogP contribution in [-0.4, -0.2) is 26.1 Å². The Hall–Kier alpha value is -4.52. The minimum absolute atomic E-state index is 0.281. The molecule has 1 fully saturated rings. The van der Waals surface area contributed by atoms with Crippen LogP contribution in [0.4, 0.5) is 9.18 Å². The summed E-state index contributed by atoms with van der Waals surface area (Å²) in [6.45, 7) is 5.60. The first kappa shape index (κ1) is 25.7. The molecule has 5 aromatic rings. The quantitative estimate of drug-likeness (QED) is 0.250. The number of fused-ring (bicyclic) bond motifs is 1. The van der Waals surface area contributed by atoms with Gasteiger partial charge in [0.2, 0.25) is 5.78 Å². The van der Waals surface area contributed by atoms with Crippen molar-refractivity contribution in [3.8, 4) is 33.6 Å². The van der Waals surface area contributed by atoms with Crippen molar-refractivity contribution in [2.24, 2.45) is 0 Å². The molecular weight excluding hydrogens is 503 g/mol. The van der Waals surface area contributed by atoms with Crippen LogP contribution in [0.5, 0.6) is 0 Å². The van der Waals surface area contributed by atoms with Crippen molar-refractivity contribution >= 4 is 11.9 Å². The molecule has 202 valence electrons. The monoisotopic (exact) mass is 534 g/mol. The second-order valence-electron chi connectivity index (χ2n) is 11.3. The van der Waals surface area contributed by atoms with E-state index in [-0.39, 0.29) is 5.82 Å². The number of nitrogens with zero attached hydrogens (tertiary/aromatic N) is 3. The van der Waals surface area contributed by atoms with Gasteiger partial charge >= 0.3 is 6.09 Å². The number of halogens is 1. The summed E-state index contributed by atoms with van der Waals surface area (Å²) in [5.74, 6) is 0.275. The van der Waals surface area contributed by atoms with Crippen LogP contribution < -0.4 is 5.32 Å².